The molecule has 0 saturated carbocycles. The SMILES string of the molecule is CSCc1nnc(SCC(=O)O)n1CC(C)C. The lowest BCUT2D eigenvalue weighted by atomic mass is 10.2. The number of hydrogen-bond acceptors (Lipinski definition) is 5. The number of rotatable bonds is 7. The minimum atomic E-state index is -0.833. The Balaban J connectivity index is 2.83. The van der Waals surface area contributed by atoms with E-state index in [2.05, 4.69) is 24.0 Å². The second kappa shape index (κ2) is 6.90. The van der Waals surface area contributed by atoms with Gasteiger partial charge in [0.2, 0.25) is 0 Å². The molecule has 1 aromatic rings. The van der Waals surface area contributed by atoms with E-state index < -0.39 is 5.97 Å². The summed E-state index contributed by atoms with van der Waals surface area (Å²) in [6, 6.07) is 0. The number of hydrogen-bond donors (Lipinski definition) is 1. The van der Waals surface area contributed by atoms with Crippen molar-refractivity contribution in [2.45, 2.75) is 31.3 Å². The third-order valence-electron chi connectivity index (χ3n) is 1.94. The molecule has 1 rings (SSSR count). The highest BCUT2D eigenvalue weighted by molar-refractivity contribution is 7.99. The van der Waals surface area contributed by atoms with Gasteiger partial charge in [-0.1, -0.05) is 25.6 Å². The maximum Gasteiger partial charge on any atom is 0.313 e. The van der Waals surface area contributed by atoms with Crippen molar-refractivity contribution in [1.29, 1.82) is 0 Å². The molecule has 0 bridgehead atoms. The highest BCUT2D eigenvalue weighted by Crippen LogP contribution is 2.20. The summed E-state index contributed by atoms with van der Waals surface area (Å²) in [5, 5.41) is 17.5. The molecular formula is C10H17N3O2S2. The van der Waals surface area contributed by atoms with Crippen LogP contribution in [-0.4, -0.2) is 37.8 Å². The highest BCUT2D eigenvalue weighted by Gasteiger charge is 2.14. The topological polar surface area (TPSA) is 68.0 Å². The molecular weight excluding hydrogens is 258 g/mol. The Labute approximate surface area is 109 Å². The van der Waals surface area contributed by atoms with E-state index in [4.69, 9.17) is 5.11 Å². The summed E-state index contributed by atoms with van der Waals surface area (Å²) in [5.74, 6) is 1.39. The van der Waals surface area contributed by atoms with Gasteiger partial charge >= 0.3 is 5.97 Å². The summed E-state index contributed by atoms with van der Waals surface area (Å²) in [6.07, 6.45) is 2.01. The number of thioether (sulfide) groups is 2. The number of nitrogens with zero attached hydrogens (tertiary/aromatic N) is 3. The maximum atomic E-state index is 10.6. The fourth-order valence-corrected chi connectivity index (χ4v) is 2.50. The number of carboxylic acid groups (broad SMARTS) is 1. The Hall–Kier alpha value is -0.690. The Morgan fingerprint density at radius 3 is 2.71 bits per heavy atom. The van der Waals surface area contributed by atoms with Gasteiger partial charge in [-0.3, -0.25) is 4.79 Å². The molecule has 1 heterocycles. The standard InChI is InChI=1S/C10H17N3O2S2/c1-7(2)4-13-8(5-16-3)11-12-10(13)17-6-9(14)15/h7H,4-6H2,1-3H3,(H,14,15). The summed E-state index contributed by atoms with van der Waals surface area (Å²) in [6.45, 7) is 5.06. The van der Waals surface area contributed by atoms with Crippen LogP contribution in [0.15, 0.2) is 5.16 Å². The molecule has 0 aromatic carbocycles. The van der Waals surface area contributed by atoms with Crippen LogP contribution in [0.25, 0.3) is 0 Å². The molecule has 17 heavy (non-hydrogen) atoms. The van der Waals surface area contributed by atoms with E-state index in [1.165, 1.54) is 11.8 Å². The van der Waals surface area contributed by atoms with Crippen molar-refractivity contribution in [2.75, 3.05) is 12.0 Å². The van der Waals surface area contributed by atoms with Gasteiger partial charge in [0.15, 0.2) is 5.16 Å². The molecule has 0 unspecified atom stereocenters. The van der Waals surface area contributed by atoms with Crippen LogP contribution in [0.4, 0.5) is 0 Å². The first-order valence-corrected chi connectivity index (χ1v) is 7.68. The molecule has 0 radical (unpaired) electrons. The molecule has 0 aliphatic heterocycles. The quantitative estimate of drug-likeness (QED) is 0.767. The summed E-state index contributed by atoms with van der Waals surface area (Å²) in [4.78, 5) is 10.6. The third-order valence-corrected chi connectivity index (χ3v) is 3.44. The number of aliphatic carboxylic acids is 1. The van der Waals surface area contributed by atoms with Gasteiger partial charge < -0.3 is 9.67 Å². The van der Waals surface area contributed by atoms with Crippen LogP contribution in [0.1, 0.15) is 19.7 Å². The molecule has 1 aromatic heterocycles. The molecule has 0 aliphatic carbocycles. The average molecular weight is 275 g/mol. The van der Waals surface area contributed by atoms with Gasteiger partial charge in [-0.25, -0.2) is 0 Å². The second-order valence-electron chi connectivity index (χ2n) is 4.02. The van der Waals surface area contributed by atoms with E-state index in [0.717, 1.165) is 18.1 Å². The lowest BCUT2D eigenvalue weighted by Crippen LogP contribution is -2.10. The summed E-state index contributed by atoms with van der Waals surface area (Å²) < 4.78 is 2.02. The minimum Gasteiger partial charge on any atom is -0.481 e. The Morgan fingerprint density at radius 1 is 1.47 bits per heavy atom. The van der Waals surface area contributed by atoms with Gasteiger partial charge in [0.1, 0.15) is 5.82 Å². The second-order valence-corrected chi connectivity index (χ2v) is 5.83. The Morgan fingerprint density at radius 2 is 2.18 bits per heavy atom. The van der Waals surface area contributed by atoms with Crippen LogP contribution in [0.5, 0.6) is 0 Å². The lowest BCUT2D eigenvalue weighted by Gasteiger charge is -2.11. The van der Waals surface area contributed by atoms with Gasteiger partial charge in [0, 0.05) is 6.54 Å². The number of carboxylic acids is 1. The van der Waals surface area contributed by atoms with E-state index in [1.807, 2.05) is 10.8 Å². The van der Waals surface area contributed by atoms with Crippen LogP contribution in [0, 0.1) is 5.92 Å². The van der Waals surface area contributed by atoms with E-state index in [-0.39, 0.29) is 5.75 Å². The number of carbonyl (C=O) groups is 1. The average Bonchev–Trinajstić information content (AvgIpc) is 2.58. The van der Waals surface area contributed by atoms with Crippen LogP contribution in [0.2, 0.25) is 0 Å². The first-order valence-electron chi connectivity index (χ1n) is 5.30. The van der Waals surface area contributed by atoms with Crippen LogP contribution >= 0.6 is 23.5 Å². The van der Waals surface area contributed by atoms with Gasteiger partial charge in [-0.05, 0) is 12.2 Å². The van der Waals surface area contributed by atoms with Crippen molar-refractivity contribution >= 4 is 29.5 Å². The molecule has 7 heteroatoms. The van der Waals surface area contributed by atoms with Crippen molar-refractivity contribution in [3.8, 4) is 0 Å². The smallest absolute Gasteiger partial charge is 0.313 e. The van der Waals surface area contributed by atoms with Crippen molar-refractivity contribution in [2.24, 2.45) is 5.92 Å². The summed E-state index contributed by atoms with van der Waals surface area (Å²) >= 11 is 2.91. The van der Waals surface area contributed by atoms with Crippen molar-refractivity contribution in [1.82, 2.24) is 14.8 Å². The molecule has 0 aliphatic rings. The normalized spacial score (nSPS) is 11.1. The van der Waals surface area contributed by atoms with E-state index >= 15 is 0 Å². The van der Waals surface area contributed by atoms with E-state index in [1.54, 1.807) is 11.8 Å². The first kappa shape index (κ1) is 14.4. The van der Waals surface area contributed by atoms with Gasteiger partial charge in [-0.2, -0.15) is 11.8 Å². The van der Waals surface area contributed by atoms with Gasteiger partial charge in [-0.15, -0.1) is 10.2 Å². The Kier molecular flexibility index (Phi) is 5.84. The predicted molar refractivity (Wildman–Crippen MR) is 70.4 cm³/mol. The molecule has 96 valence electrons. The third kappa shape index (κ3) is 4.59. The van der Waals surface area contributed by atoms with Gasteiger partial charge in [0.25, 0.3) is 0 Å². The van der Waals surface area contributed by atoms with Crippen LogP contribution < -0.4 is 0 Å². The first-order chi connectivity index (χ1) is 8.04. The molecule has 0 fully saturated rings. The Bertz CT molecular complexity index is 380. The van der Waals surface area contributed by atoms with Crippen LogP contribution in [-0.2, 0) is 17.1 Å². The van der Waals surface area contributed by atoms with Crippen molar-refractivity contribution in [3.63, 3.8) is 0 Å². The van der Waals surface area contributed by atoms with E-state index in [9.17, 15) is 4.79 Å². The van der Waals surface area contributed by atoms with Crippen LogP contribution in [0.3, 0.4) is 0 Å². The lowest BCUT2D eigenvalue weighted by molar-refractivity contribution is -0.133. The van der Waals surface area contributed by atoms with Crippen molar-refractivity contribution in [3.05, 3.63) is 5.82 Å². The molecule has 0 amide bonds. The molecule has 0 spiro atoms. The zero-order chi connectivity index (χ0) is 12.8. The molecule has 1 N–H and O–H groups in total. The fourth-order valence-electron chi connectivity index (χ4n) is 1.34. The summed E-state index contributed by atoms with van der Waals surface area (Å²) in [7, 11) is 0. The maximum absolute atomic E-state index is 10.6. The van der Waals surface area contributed by atoms with Gasteiger partial charge in [0.05, 0.1) is 11.5 Å². The molecule has 5 nitrogen and oxygen atoms in total. The zero-order valence-electron chi connectivity index (χ0n) is 10.2. The minimum absolute atomic E-state index is 0.0233. The molecule has 0 saturated heterocycles. The summed E-state index contributed by atoms with van der Waals surface area (Å²) in [5.41, 5.74) is 0. The largest absolute Gasteiger partial charge is 0.481 e. The number of aromatic nitrogens is 3. The zero-order valence-corrected chi connectivity index (χ0v) is 11.8. The highest BCUT2D eigenvalue weighted by atomic mass is 32.2. The van der Waals surface area contributed by atoms with E-state index in [0.29, 0.717) is 11.1 Å². The monoisotopic (exact) mass is 275 g/mol. The molecule has 0 atom stereocenters. The fraction of sp³-hybridized carbons (Fsp3) is 0.700. The predicted octanol–water partition coefficient (Wildman–Crippen LogP) is 1.97. The van der Waals surface area contributed by atoms with Crippen molar-refractivity contribution < 1.29 is 9.90 Å².